The van der Waals surface area contributed by atoms with Crippen LogP contribution < -0.4 is 5.73 Å². The van der Waals surface area contributed by atoms with Crippen LogP contribution in [0, 0.1) is 12.8 Å². The van der Waals surface area contributed by atoms with E-state index in [2.05, 4.69) is 4.98 Å². The second kappa shape index (κ2) is 7.46. The molecule has 3 heterocycles. The minimum absolute atomic E-state index is 0.136. The smallest absolute Gasteiger partial charge is 0.248 e. The monoisotopic (exact) mass is 376 g/mol. The number of carbonyl (C=O) groups excluding carboxylic acids is 2. The van der Waals surface area contributed by atoms with Gasteiger partial charge in [0.15, 0.2) is 0 Å². The maximum absolute atomic E-state index is 12.8. The Labute approximate surface area is 164 Å². The summed E-state index contributed by atoms with van der Waals surface area (Å²) < 4.78 is 2.00. The predicted octanol–water partition coefficient (Wildman–Crippen LogP) is 2.38. The largest absolute Gasteiger partial charge is 0.366 e. The zero-order valence-corrected chi connectivity index (χ0v) is 16.0. The lowest BCUT2D eigenvalue weighted by molar-refractivity contribution is -0.129. The Morgan fingerprint density at radius 3 is 2.93 bits per heavy atom. The third-order valence-electron chi connectivity index (χ3n) is 5.51. The lowest BCUT2D eigenvalue weighted by Crippen LogP contribution is -2.30. The topological polar surface area (TPSA) is 80.7 Å². The molecule has 2 N–H and O–H groups in total. The van der Waals surface area contributed by atoms with Gasteiger partial charge in [-0.3, -0.25) is 9.59 Å². The van der Waals surface area contributed by atoms with Crippen molar-refractivity contribution in [1.29, 1.82) is 0 Å². The molecule has 144 valence electrons. The Hall–Kier alpha value is -3.15. The first-order valence-corrected chi connectivity index (χ1v) is 9.59. The van der Waals surface area contributed by atoms with E-state index in [0.29, 0.717) is 17.9 Å². The van der Waals surface area contributed by atoms with Crippen molar-refractivity contribution in [2.45, 2.75) is 26.2 Å². The molecule has 1 aliphatic heterocycles. The first-order chi connectivity index (χ1) is 13.5. The van der Waals surface area contributed by atoms with E-state index in [1.807, 2.05) is 52.8 Å². The number of nitrogens with two attached hydrogens (primary N) is 1. The summed E-state index contributed by atoms with van der Waals surface area (Å²) in [5.74, 6) is 0.126. The average Bonchev–Trinajstić information content (AvgIpc) is 3.30. The molecule has 1 fully saturated rings. The number of aromatic nitrogens is 2. The number of nitrogens with zero attached hydrogens (tertiary/aromatic N) is 3. The van der Waals surface area contributed by atoms with Crippen LogP contribution in [0.1, 0.15) is 33.6 Å². The van der Waals surface area contributed by atoms with Gasteiger partial charge in [-0.1, -0.05) is 18.2 Å². The second-order valence-corrected chi connectivity index (χ2v) is 7.57. The third-order valence-corrected chi connectivity index (χ3v) is 5.51. The summed E-state index contributed by atoms with van der Waals surface area (Å²) in [4.78, 5) is 30.6. The first-order valence-electron chi connectivity index (χ1n) is 9.59. The fraction of sp³-hybridized carbons (Fsp3) is 0.318. The SMILES string of the molecule is Cc1cccn2c(CC(=O)N3CCC(Cc4cccc(C(N)=O)c4)C3)cnc12. The minimum Gasteiger partial charge on any atom is -0.366 e. The molecule has 1 aromatic carbocycles. The number of pyridine rings is 1. The van der Waals surface area contributed by atoms with E-state index in [1.54, 1.807) is 12.3 Å². The van der Waals surface area contributed by atoms with Crippen LogP contribution >= 0.6 is 0 Å². The van der Waals surface area contributed by atoms with E-state index in [9.17, 15) is 9.59 Å². The van der Waals surface area contributed by atoms with Gasteiger partial charge >= 0.3 is 0 Å². The minimum atomic E-state index is -0.409. The highest BCUT2D eigenvalue weighted by molar-refractivity contribution is 5.92. The van der Waals surface area contributed by atoms with Crippen molar-refractivity contribution in [2.75, 3.05) is 13.1 Å². The molecule has 0 radical (unpaired) electrons. The Morgan fingerprint density at radius 2 is 2.11 bits per heavy atom. The van der Waals surface area contributed by atoms with Crippen molar-refractivity contribution in [3.8, 4) is 0 Å². The van der Waals surface area contributed by atoms with Crippen LogP contribution in [0.5, 0.6) is 0 Å². The van der Waals surface area contributed by atoms with Crippen LogP contribution in [0.4, 0.5) is 0 Å². The number of aryl methyl sites for hydroxylation is 1. The molecule has 6 nitrogen and oxygen atoms in total. The summed E-state index contributed by atoms with van der Waals surface area (Å²) in [6.45, 7) is 3.54. The van der Waals surface area contributed by atoms with E-state index in [0.717, 1.165) is 48.4 Å². The van der Waals surface area contributed by atoms with Crippen LogP contribution in [0.3, 0.4) is 0 Å². The van der Waals surface area contributed by atoms with E-state index >= 15 is 0 Å². The molecular weight excluding hydrogens is 352 g/mol. The van der Waals surface area contributed by atoms with Gasteiger partial charge < -0.3 is 15.0 Å². The number of rotatable bonds is 5. The van der Waals surface area contributed by atoms with Crippen molar-refractivity contribution in [2.24, 2.45) is 11.7 Å². The van der Waals surface area contributed by atoms with E-state index < -0.39 is 5.91 Å². The zero-order valence-electron chi connectivity index (χ0n) is 16.0. The van der Waals surface area contributed by atoms with E-state index in [-0.39, 0.29) is 5.91 Å². The molecule has 1 atom stereocenters. The average molecular weight is 376 g/mol. The number of likely N-dealkylation sites (tertiary alicyclic amines) is 1. The summed E-state index contributed by atoms with van der Waals surface area (Å²) in [6.07, 6.45) is 5.92. The summed E-state index contributed by atoms with van der Waals surface area (Å²) in [5.41, 5.74) is 9.91. The van der Waals surface area contributed by atoms with Gasteiger partial charge in [0.25, 0.3) is 0 Å². The van der Waals surface area contributed by atoms with Gasteiger partial charge in [0.05, 0.1) is 12.1 Å². The van der Waals surface area contributed by atoms with Gasteiger partial charge in [-0.05, 0) is 55.0 Å². The Kier molecular flexibility index (Phi) is 4.86. The number of imidazole rings is 1. The third kappa shape index (κ3) is 3.63. The van der Waals surface area contributed by atoms with Crippen LogP contribution in [0.2, 0.25) is 0 Å². The van der Waals surface area contributed by atoms with Crippen molar-refractivity contribution in [3.63, 3.8) is 0 Å². The van der Waals surface area contributed by atoms with Gasteiger partial charge in [0, 0.05) is 31.0 Å². The fourth-order valence-corrected chi connectivity index (χ4v) is 4.01. The summed E-state index contributed by atoms with van der Waals surface area (Å²) in [5, 5.41) is 0. The highest BCUT2D eigenvalue weighted by atomic mass is 16.2. The quantitative estimate of drug-likeness (QED) is 0.742. The molecule has 28 heavy (non-hydrogen) atoms. The van der Waals surface area contributed by atoms with Crippen molar-refractivity contribution < 1.29 is 9.59 Å². The number of primary amides is 1. The standard InChI is InChI=1S/C22H24N4O2/c1-15-4-3-8-26-19(13-24-22(15)26)12-20(27)25-9-7-17(14-25)10-16-5-2-6-18(11-16)21(23)28/h2-6,8,11,13,17H,7,9-10,12,14H2,1H3,(H2,23,28). The van der Waals surface area contributed by atoms with Gasteiger partial charge in [-0.25, -0.2) is 4.98 Å². The second-order valence-electron chi connectivity index (χ2n) is 7.57. The first kappa shape index (κ1) is 18.2. The summed E-state index contributed by atoms with van der Waals surface area (Å²) >= 11 is 0. The molecule has 2 aromatic heterocycles. The van der Waals surface area contributed by atoms with Gasteiger partial charge in [-0.15, -0.1) is 0 Å². The molecule has 3 aromatic rings. The molecule has 0 bridgehead atoms. The molecule has 4 rings (SSSR count). The van der Waals surface area contributed by atoms with Gasteiger partial charge in [-0.2, -0.15) is 0 Å². The van der Waals surface area contributed by atoms with Crippen LogP contribution in [-0.4, -0.2) is 39.2 Å². The lowest BCUT2D eigenvalue weighted by Gasteiger charge is -2.17. The van der Waals surface area contributed by atoms with Gasteiger partial charge in [0.1, 0.15) is 5.65 Å². The molecule has 0 saturated carbocycles. The van der Waals surface area contributed by atoms with E-state index in [4.69, 9.17) is 5.73 Å². The highest BCUT2D eigenvalue weighted by Crippen LogP contribution is 2.22. The number of amides is 2. The number of benzene rings is 1. The molecule has 0 spiro atoms. The summed E-state index contributed by atoms with van der Waals surface area (Å²) in [7, 11) is 0. The molecular formula is C22H24N4O2. The molecule has 0 aliphatic carbocycles. The molecule has 2 amide bonds. The molecule has 1 aliphatic rings. The maximum Gasteiger partial charge on any atom is 0.248 e. The van der Waals surface area contributed by atoms with Crippen molar-refractivity contribution >= 4 is 17.5 Å². The van der Waals surface area contributed by atoms with Gasteiger partial charge in [0.2, 0.25) is 11.8 Å². The van der Waals surface area contributed by atoms with Crippen LogP contribution in [0.15, 0.2) is 48.8 Å². The fourth-order valence-electron chi connectivity index (χ4n) is 4.01. The van der Waals surface area contributed by atoms with Crippen molar-refractivity contribution in [3.05, 3.63) is 71.2 Å². The maximum atomic E-state index is 12.8. The Bertz CT molecular complexity index is 1040. The Balaban J connectivity index is 1.39. The number of fused-ring (bicyclic) bond motifs is 1. The van der Waals surface area contributed by atoms with Crippen LogP contribution in [-0.2, 0) is 17.6 Å². The number of hydrogen-bond acceptors (Lipinski definition) is 3. The Morgan fingerprint density at radius 1 is 1.25 bits per heavy atom. The summed E-state index contributed by atoms with van der Waals surface area (Å²) in [6, 6.07) is 11.5. The number of hydrogen-bond donors (Lipinski definition) is 1. The molecule has 1 unspecified atom stereocenters. The zero-order chi connectivity index (χ0) is 19.7. The number of carbonyl (C=O) groups is 2. The molecule has 6 heteroatoms. The van der Waals surface area contributed by atoms with Crippen LogP contribution in [0.25, 0.3) is 5.65 Å². The highest BCUT2D eigenvalue weighted by Gasteiger charge is 2.27. The van der Waals surface area contributed by atoms with Crippen molar-refractivity contribution in [1.82, 2.24) is 14.3 Å². The molecule has 1 saturated heterocycles. The predicted molar refractivity (Wildman–Crippen MR) is 107 cm³/mol. The van der Waals surface area contributed by atoms with E-state index in [1.165, 1.54) is 0 Å². The lowest BCUT2D eigenvalue weighted by atomic mass is 9.97. The normalized spacial score (nSPS) is 16.6.